The molecule has 5 nitrogen and oxygen atoms in total. The van der Waals surface area contributed by atoms with Gasteiger partial charge < -0.3 is 19.9 Å². The topological polar surface area (TPSA) is 67.8 Å². The number of aliphatic hydroxyl groups excluding tert-OH is 1. The van der Waals surface area contributed by atoms with E-state index in [1.54, 1.807) is 20.8 Å². The number of aliphatic hydroxyl groups is 1. The van der Waals surface area contributed by atoms with Crippen LogP contribution in [0.1, 0.15) is 33.6 Å². The largest absolute Gasteiger partial charge is 0.458 e. The van der Waals surface area contributed by atoms with Gasteiger partial charge in [-0.05, 0) is 33.6 Å². The Kier molecular flexibility index (Phi) is 6.16. The van der Waals surface area contributed by atoms with Crippen LogP contribution in [-0.4, -0.2) is 54.8 Å². The van der Waals surface area contributed by atoms with E-state index in [4.69, 9.17) is 14.6 Å². The lowest BCUT2D eigenvalue weighted by Crippen LogP contribution is -2.45. The van der Waals surface area contributed by atoms with Gasteiger partial charge in [-0.15, -0.1) is 0 Å². The van der Waals surface area contributed by atoms with Crippen LogP contribution in [0.2, 0.25) is 0 Å². The van der Waals surface area contributed by atoms with Gasteiger partial charge in [-0.25, -0.2) is 9.18 Å². The first-order chi connectivity index (χ1) is 8.83. The first kappa shape index (κ1) is 16.3. The van der Waals surface area contributed by atoms with Crippen LogP contribution in [0.5, 0.6) is 0 Å². The third-order valence-corrected chi connectivity index (χ3v) is 2.72. The molecule has 2 N–H and O–H groups in total. The van der Waals surface area contributed by atoms with Gasteiger partial charge in [0.05, 0.1) is 6.61 Å². The fourth-order valence-electron chi connectivity index (χ4n) is 1.94. The zero-order valence-corrected chi connectivity index (χ0v) is 11.8. The number of nitrogens with one attached hydrogen (secondary N) is 1. The molecule has 1 unspecified atom stereocenters. The van der Waals surface area contributed by atoms with Gasteiger partial charge in [0.15, 0.2) is 6.10 Å². The van der Waals surface area contributed by atoms with E-state index in [1.165, 1.54) is 0 Å². The second-order valence-electron chi connectivity index (χ2n) is 5.75. The molecule has 0 aliphatic carbocycles. The molecule has 19 heavy (non-hydrogen) atoms. The SMILES string of the molecule is CC(C)(C)OC(=O)C(OCCCO)[C@@H]1C[C@H](F)CN1. The summed E-state index contributed by atoms with van der Waals surface area (Å²) in [6, 6.07) is -0.372. The van der Waals surface area contributed by atoms with Crippen LogP contribution in [-0.2, 0) is 14.3 Å². The molecule has 0 radical (unpaired) electrons. The van der Waals surface area contributed by atoms with Gasteiger partial charge in [-0.3, -0.25) is 0 Å². The Morgan fingerprint density at radius 3 is 2.68 bits per heavy atom. The molecule has 1 heterocycles. The number of alkyl halides is 1. The molecule has 0 amide bonds. The predicted molar refractivity (Wildman–Crippen MR) is 68.6 cm³/mol. The maximum Gasteiger partial charge on any atom is 0.337 e. The zero-order valence-electron chi connectivity index (χ0n) is 11.8. The van der Waals surface area contributed by atoms with Crippen LogP contribution in [0.3, 0.4) is 0 Å². The minimum atomic E-state index is -0.962. The van der Waals surface area contributed by atoms with Crippen LogP contribution in [0.15, 0.2) is 0 Å². The summed E-state index contributed by atoms with van der Waals surface area (Å²) in [6.07, 6.45) is -1.11. The number of esters is 1. The lowest BCUT2D eigenvalue weighted by molar-refractivity contribution is -0.170. The van der Waals surface area contributed by atoms with E-state index in [9.17, 15) is 9.18 Å². The third kappa shape index (κ3) is 5.84. The van der Waals surface area contributed by atoms with Crippen LogP contribution in [0, 0.1) is 0 Å². The minimum Gasteiger partial charge on any atom is -0.458 e. The summed E-state index contributed by atoms with van der Waals surface area (Å²) in [5, 5.41) is 11.7. The first-order valence-electron chi connectivity index (χ1n) is 6.66. The molecule has 0 bridgehead atoms. The Labute approximate surface area is 113 Å². The molecule has 1 aliphatic rings. The fraction of sp³-hybridized carbons (Fsp3) is 0.923. The normalized spacial score (nSPS) is 25.3. The second-order valence-corrected chi connectivity index (χ2v) is 5.75. The molecule has 1 rings (SSSR count). The Bertz CT molecular complexity index is 293. The zero-order chi connectivity index (χ0) is 14.5. The molecule has 0 aromatic rings. The summed E-state index contributed by atoms with van der Waals surface area (Å²) in [4.78, 5) is 12.1. The molecule has 1 fully saturated rings. The van der Waals surface area contributed by atoms with Gasteiger partial charge in [0, 0.05) is 19.2 Å². The summed E-state index contributed by atoms with van der Waals surface area (Å²) in [7, 11) is 0. The highest BCUT2D eigenvalue weighted by atomic mass is 19.1. The standard InChI is InChI=1S/C13H24FNO4/c1-13(2,3)19-12(17)11(18-6-4-5-16)10-7-9(14)8-15-10/h9-11,15-16H,4-8H2,1-3H3/t9-,10-,11?/m0/s1. The van der Waals surface area contributed by atoms with Gasteiger partial charge >= 0.3 is 5.97 Å². The lowest BCUT2D eigenvalue weighted by Gasteiger charge is -2.27. The number of ether oxygens (including phenoxy) is 2. The molecule has 1 aliphatic heterocycles. The summed E-state index contributed by atoms with van der Waals surface area (Å²) >= 11 is 0. The summed E-state index contributed by atoms with van der Waals surface area (Å²) in [5.41, 5.74) is -0.608. The van der Waals surface area contributed by atoms with Crippen molar-refractivity contribution in [1.82, 2.24) is 5.32 Å². The third-order valence-electron chi connectivity index (χ3n) is 2.72. The number of hydrogen-bond donors (Lipinski definition) is 2. The van der Waals surface area contributed by atoms with Crippen molar-refractivity contribution in [2.45, 2.75) is 57.5 Å². The van der Waals surface area contributed by atoms with Gasteiger partial charge in [-0.1, -0.05) is 0 Å². The average Bonchev–Trinajstić information content (AvgIpc) is 2.68. The summed E-state index contributed by atoms with van der Waals surface area (Å²) < 4.78 is 24.0. The molecule has 3 atom stereocenters. The van der Waals surface area contributed by atoms with Gasteiger partial charge in [0.1, 0.15) is 11.8 Å². The van der Waals surface area contributed by atoms with E-state index in [2.05, 4.69) is 5.32 Å². The maximum atomic E-state index is 13.2. The molecular formula is C13H24FNO4. The molecule has 0 aromatic carbocycles. The average molecular weight is 277 g/mol. The van der Waals surface area contributed by atoms with Crippen LogP contribution >= 0.6 is 0 Å². The van der Waals surface area contributed by atoms with E-state index < -0.39 is 23.8 Å². The second kappa shape index (κ2) is 7.17. The monoisotopic (exact) mass is 277 g/mol. The quantitative estimate of drug-likeness (QED) is 0.555. The van der Waals surface area contributed by atoms with Crippen molar-refractivity contribution in [2.75, 3.05) is 19.8 Å². The Morgan fingerprint density at radius 2 is 2.21 bits per heavy atom. The first-order valence-corrected chi connectivity index (χ1v) is 6.66. The molecule has 1 saturated heterocycles. The Hall–Kier alpha value is -0.720. The summed E-state index contributed by atoms with van der Waals surface area (Å²) in [5.74, 6) is -0.489. The Morgan fingerprint density at radius 1 is 1.53 bits per heavy atom. The molecule has 6 heteroatoms. The highest BCUT2D eigenvalue weighted by Crippen LogP contribution is 2.19. The highest BCUT2D eigenvalue weighted by molar-refractivity contribution is 5.76. The predicted octanol–water partition coefficient (Wildman–Crippen LogP) is 0.796. The molecule has 0 saturated carbocycles. The van der Waals surface area contributed by atoms with E-state index in [1.807, 2.05) is 0 Å². The number of carbonyl (C=O) groups is 1. The van der Waals surface area contributed by atoms with Crippen molar-refractivity contribution in [3.63, 3.8) is 0 Å². The van der Waals surface area contributed by atoms with Crippen molar-refractivity contribution in [2.24, 2.45) is 0 Å². The van der Waals surface area contributed by atoms with Gasteiger partial charge in [0.25, 0.3) is 0 Å². The molecule has 0 aromatic heterocycles. The van der Waals surface area contributed by atoms with Crippen molar-refractivity contribution < 1.29 is 23.8 Å². The minimum absolute atomic E-state index is 0.00906. The van der Waals surface area contributed by atoms with E-state index in [-0.39, 0.29) is 32.2 Å². The van der Waals surface area contributed by atoms with Crippen molar-refractivity contribution in [3.05, 3.63) is 0 Å². The number of rotatable bonds is 6. The van der Waals surface area contributed by atoms with Crippen LogP contribution in [0.25, 0.3) is 0 Å². The smallest absolute Gasteiger partial charge is 0.337 e. The van der Waals surface area contributed by atoms with E-state index >= 15 is 0 Å². The fourth-order valence-corrected chi connectivity index (χ4v) is 1.94. The van der Waals surface area contributed by atoms with Crippen molar-refractivity contribution in [3.8, 4) is 0 Å². The van der Waals surface area contributed by atoms with E-state index in [0.717, 1.165) is 0 Å². The highest BCUT2D eigenvalue weighted by Gasteiger charge is 2.37. The van der Waals surface area contributed by atoms with Crippen LogP contribution < -0.4 is 5.32 Å². The number of carbonyl (C=O) groups excluding carboxylic acids is 1. The molecule has 0 spiro atoms. The number of hydrogen-bond acceptors (Lipinski definition) is 5. The Balaban J connectivity index is 2.60. The van der Waals surface area contributed by atoms with Crippen molar-refractivity contribution >= 4 is 5.97 Å². The van der Waals surface area contributed by atoms with Gasteiger partial charge in [0.2, 0.25) is 0 Å². The van der Waals surface area contributed by atoms with Gasteiger partial charge in [-0.2, -0.15) is 0 Å². The maximum absolute atomic E-state index is 13.2. The molecular weight excluding hydrogens is 253 g/mol. The van der Waals surface area contributed by atoms with E-state index in [0.29, 0.717) is 6.42 Å². The molecule has 112 valence electrons. The van der Waals surface area contributed by atoms with Crippen LogP contribution in [0.4, 0.5) is 4.39 Å². The van der Waals surface area contributed by atoms with Crippen molar-refractivity contribution in [1.29, 1.82) is 0 Å². The lowest BCUT2D eigenvalue weighted by atomic mass is 10.1. The summed E-state index contributed by atoms with van der Waals surface area (Å²) in [6.45, 7) is 5.79. The number of halogens is 1.